The number of nitrogens with two attached hydrogens (primary N) is 1. The van der Waals surface area contributed by atoms with Crippen LogP contribution < -0.4 is 11.1 Å². The van der Waals surface area contributed by atoms with Crippen molar-refractivity contribution in [3.8, 4) is 0 Å². The van der Waals surface area contributed by atoms with E-state index in [0.29, 0.717) is 15.1 Å². The molecule has 2 aromatic carbocycles. The molecule has 1 saturated heterocycles. The molecule has 154 valence electrons. The van der Waals surface area contributed by atoms with Gasteiger partial charge in [-0.3, -0.25) is 4.79 Å². The molecule has 1 aliphatic heterocycles. The van der Waals surface area contributed by atoms with E-state index in [2.05, 4.69) is 19.2 Å². The van der Waals surface area contributed by atoms with Gasteiger partial charge in [0, 0.05) is 32.9 Å². The largest absolute Gasteiger partial charge is 0.353 e. The Morgan fingerprint density at radius 3 is 2.38 bits per heavy atom. The average molecular weight is 452 g/mol. The fourth-order valence-electron chi connectivity index (χ4n) is 5.92. The lowest BCUT2D eigenvalue weighted by Crippen LogP contribution is -2.60. The number of carbonyl (C=O) groups excluding carboxylic acids is 1. The number of amides is 1. The molecule has 0 bridgehead atoms. The molecule has 1 unspecified atom stereocenters. The van der Waals surface area contributed by atoms with Crippen molar-refractivity contribution in [3.63, 3.8) is 0 Å². The normalized spacial score (nSPS) is 34.0. The highest BCUT2D eigenvalue weighted by atomic mass is 35.5. The van der Waals surface area contributed by atoms with Crippen molar-refractivity contribution in [1.82, 2.24) is 5.32 Å². The summed E-state index contributed by atoms with van der Waals surface area (Å²) in [5, 5.41) is 5.05. The first-order valence-corrected chi connectivity index (χ1v) is 11.2. The van der Waals surface area contributed by atoms with Crippen LogP contribution in [0.1, 0.15) is 50.2 Å². The van der Waals surface area contributed by atoms with Gasteiger partial charge in [-0.1, -0.05) is 59.9 Å². The molecule has 0 spiro atoms. The van der Waals surface area contributed by atoms with Crippen LogP contribution in [0.25, 0.3) is 0 Å². The van der Waals surface area contributed by atoms with E-state index >= 15 is 0 Å². The minimum atomic E-state index is -0.783. The van der Waals surface area contributed by atoms with E-state index in [-0.39, 0.29) is 23.8 Å². The maximum absolute atomic E-state index is 13.1. The first kappa shape index (κ1) is 21.0. The Hall–Kier alpha value is -1.26. The van der Waals surface area contributed by atoms with Crippen LogP contribution in [0, 0.1) is 11.3 Å². The summed E-state index contributed by atoms with van der Waals surface area (Å²) in [7, 11) is 0. The summed E-state index contributed by atoms with van der Waals surface area (Å²) < 4.78 is 0. The molecular formula is C23H25Cl3N2O. The van der Waals surface area contributed by atoms with Gasteiger partial charge in [-0.25, -0.2) is 0 Å². The predicted octanol–water partition coefficient (Wildman–Crippen LogP) is 5.91. The third-order valence-electron chi connectivity index (χ3n) is 7.19. The van der Waals surface area contributed by atoms with Crippen molar-refractivity contribution in [2.45, 2.75) is 50.6 Å². The van der Waals surface area contributed by atoms with Crippen molar-refractivity contribution >= 4 is 40.7 Å². The zero-order chi connectivity index (χ0) is 21.0. The van der Waals surface area contributed by atoms with Crippen LogP contribution in [-0.4, -0.2) is 11.9 Å². The summed E-state index contributed by atoms with van der Waals surface area (Å²) in [4.78, 5) is 13.1. The highest BCUT2D eigenvalue weighted by Gasteiger charge is 2.64. The van der Waals surface area contributed by atoms with Gasteiger partial charge in [0.25, 0.3) is 0 Å². The minimum Gasteiger partial charge on any atom is -0.353 e. The van der Waals surface area contributed by atoms with Gasteiger partial charge in [0.05, 0.1) is 11.0 Å². The van der Waals surface area contributed by atoms with Gasteiger partial charge in [-0.2, -0.15) is 0 Å². The molecule has 5 atom stereocenters. The molecule has 2 aliphatic rings. The van der Waals surface area contributed by atoms with Crippen molar-refractivity contribution in [3.05, 3.63) is 68.7 Å². The van der Waals surface area contributed by atoms with E-state index in [0.717, 1.165) is 30.4 Å². The molecule has 29 heavy (non-hydrogen) atoms. The Morgan fingerprint density at radius 2 is 1.76 bits per heavy atom. The highest BCUT2D eigenvalue weighted by Crippen LogP contribution is 2.61. The number of hydrogen-bond acceptors (Lipinski definition) is 2. The Kier molecular flexibility index (Phi) is 5.40. The molecule has 4 rings (SSSR count). The molecule has 1 heterocycles. The van der Waals surface area contributed by atoms with E-state index in [1.54, 1.807) is 6.07 Å². The molecule has 2 aromatic rings. The summed E-state index contributed by atoms with van der Waals surface area (Å²) in [6.07, 6.45) is 2.30. The van der Waals surface area contributed by atoms with Gasteiger partial charge in [0.1, 0.15) is 0 Å². The summed E-state index contributed by atoms with van der Waals surface area (Å²) in [5.41, 5.74) is 8.07. The fourth-order valence-corrected chi connectivity index (χ4v) is 6.59. The lowest BCUT2D eigenvalue weighted by molar-refractivity contribution is -0.133. The van der Waals surface area contributed by atoms with Crippen LogP contribution in [0.4, 0.5) is 0 Å². The van der Waals surface area contributed by atoms with Crippen molar-refractivity contribution in [2.24, 2.45) is 17.1 Å². The van der Waals surface area contributed by atoms with Gasteiger partial charge in [0.15, 0.2) is 0 Å². The van der Waals surface area contributed by atoms with Gasteiger partial charge in [-0.05, 0) is 61.6 Å². The van der Waals surface area contributed by atoms with Crippen LogP contribution in [0.5, 0.6) is 0 Å². The van der Waals surface area contributed by atoms with Crippen LogP contribution in [0.3, 0.4) is 0 Å². The molecule has 1 amide bonds. The number of halogens is 3. The van der Waals surface area contributed by atoms with Crippen molar-refractivity contribution in [2.75, 3.05) is 0 Å². The minimum absolute atomic E-state index is 0.0444. The number of nitrogens with one attached hydrogen (secondary N) is 1. The smallest absolute Gasteiger partial charge is 0.226 e. The maximum Gasteiger partial charge on any atom is 0.226 e. The second kappa shape index (κ2) is 7.46. The molecule has 1 aliphatic carbocycles. The summed E-state index contributed by atoms with van der Waals surface area (Å²) in [5.74, 6) is -0.00520. The molecule has 3 nitrogen and oxygen atoms in total. The molecular weight excluding hydrogens is 427 g/mol. The molecule has 0 aromatic heterocycles. The van der Waals surface area contributed by atoms with E-state index in [4.69, 9.17) is 40.5 Å². The van der Waals surface area contributed by atoms with Crippen molar-refractivity contribution < 1.29 is 4.79 Å². The molecule has 0 radical (unpaired) electrons. The Balaban J connectivity index is 1.95. The molecule has 2 fully saturated rings. The predicted molar refractivity (Wildman–Crippen MR) is 120 cm³/mol. The van der Waals surface area contributed by atoms with E-state index in [1.165, 1.54) is 0 Å². The number of carbonyl (C=O) groups is 1. The van der Waals surface area contributed by atoms with Crippen LogP contribution in [0.15, 0.2) is 42.5 Å². The topological polar surface area (TPSA) is 55.1 Å². The fraction of sp³-hybridized carbons (Fsp3) is 0.435. The molecule has 6 heteroatoms. The third kappa shape index (κ3) is 3.09. The Bertz CT molecular complexity index is 948. The van der Waals surface area contributed by atoms with Crippen LogP contribution >= 0.6 is 34.8 Å². The molecule has 3 N–H and O–H groups in total. The number of rotatable bonds is 3. The van der Waals surface area contributed by atoms with E-state index in [1.807, 2.05) is 36.4 Å². The Labute approximate surface area is 186 Å². The summed E-state index contributed by atoms with van der Waals surface area (Å²) in [6, 6.07) is 13.3. The second-order valence-electron chi connectivity index (χ2n) is 8.45. The SMILES string of the molecule is CC[C@@]12CCC(c3ccc(Cl)cc3Cl)[C@](N)(c3ccc(Cl)cc3)[C@@H]1[C@@H](C)NC2=O. The first-order valence-electron chi connectivity index (χ1n) is 10.0. The number of hydrogen-bond donors (Lipinski definition) is 2. The van der Waals surface area contributed by atoms with E-state index in [9.17, 15) is 4.79 Å². The second-order valence-corrected chi connectivity index (χ2v) is 9.73. The summed E-state index contributed by atoms with van der Waals surface area (Å²) >= 11 is 19.0. The quantitative estimate of drug-likeness (QED) is 0.609. The first-order chi connectivity index (χ1) is 13.7. The van der Waals surface area contributed by atoms with Crippen LogP contribution in [0.2, 0.25) is 15.1 Å². The Morgan fingerprint density at radius 1 is 1.10 bits per heavy atom. The molecule has 1 saturated carbocycles. The lowest BCUT2D eigenvalue weighted by Gasteiger charge is -2.54. The van der Waals surface area contributed by atoms with Gasteiger partial charge >= 0.3 is 0 Å². The van der Waals surface area contributed by atoms with E-state index < -0.39 is 11.0 Å². The van der Waals surface area contributed by atoms with Gasteiger partial charge in [0.2, 0.25) is 5.91 Å². The average Bonchev–Trinajstić information content (AvgIpc) is 2.94. The monoisotopic (exact) mass is 450 g/mol. The van der Waals surface area contributed by atoms with Crippen LogP contribution in [-0.2, 0) is 10.3 Å². The number of fused-ring (bicyclic) bond motifs is 1. The number of benzene rings is 2. The third-order valence-corrected chi connectivity index (χ3v) is 8.00. The zero-order valence-corrected chi connectivity index (χ0v) is 18.8. The maximum atomic E-state index is 13.1. The highest BCUT2D eigenvalue weighted by molar-refractivity contribution is 6.35. The van der Waals surface area contributed by atoms with Gasteiger partial charge in [-0.15, -0.1) is 0 Å². The van der Waals surface area contributed by atoms with Crippen molar-refractivity contribution in [1.29, 1.82) is 0 Å². The standard InChI is InChI=1S/C23H25Cl3N2O/c1-3-22-11-10-18(17-9-8-16(25)12-19(17)26)23(27,14-4-6-15(24)7-5-14)20(22)13(2)28-21(22)29/h4-9,12-13,18,20H,3,10-11,27H2,1-2H3,(H,28,29)/t13-,18?,20-,22-,23-/m1/s1. The van der Waals surface area contributed by atoms with Gasteiger partial charge < -0.3 is 11.1 Å². The lowest BCUT2D eigenvalue weighted by atomic mass is 9.50. The zero-order valence-electron chi connectivity index (χ0n) is 16.5. The summed E-state index contributed by atoms with van der Waals surface area (Å²) in [6.45, 7) is 4.14.